The van der Waals surface area contributed by atoms with E-state index in [2.05, 4.69) is 0 Å². The van der Waals surface area contributed by atoms with Crippen molar-refractivity contribution in [2.45, 2.75) is 0 Å². The van der Waals surface area contributed by atoms with E-state index in [-0.39, 0.29) is 15.7 Å². The summed E-state index contributed by atoms with van der Waals surface area (Å²) in [6.45, 7) is 2.06. The number of morpholine rings is 1. The molecule has 0 aromatic heterocycles. The van der Waals surface area contributed by atoms with Gasteiger partial charge in [-0.3, -0.25) is 9.05 Å². The number of rotatable bonds is 3. The topological polar surface area (TPSA) is 67.8 Å². The average molecular weight is 311 g/mol. The van der Waals surface area contributed by atoms with Gasteiger partial charge in [0.2, 0.25) is 0 Å². The molecule has 2 aliphatic rings. The first-order chi connectivity index (χ1) is 10.1. The van der Waals surface area contributed by atoms with E-state index in [9.17, 15) is 9.67 Å². The lowest BCUT2D eigenvalue weighted by Crippen LogP contribution is -2.57. The highest BCUT2D eigenvalue weighted by molar-refractivity contribution is 7.65. The van der Waals surface area contributed by atoms with Crippen LogP contribution in [0.3, 0.4) is 0 Å². The smallest absolute Gasteiger partial charge is 0.366 e. The van der Waals surface area contributed by atoms with Gasteiger partial charge in [0.1, 0.15) is 24.1 Å². The lowest BCUT2D eigenvalue weighted by atomic mass is 10.1. The molecule has 2 aliphatic heterocycles. The Morgan fingerprint density at radius 3 is 2.43 bits per heavy atom. The van der Waals surface area contributed by atoms with Crippen LogP contribution < -0.4 is 9.59 Å². The first-order valence-corrected chi connectivity index (χ1v) is 8.32. The zero-order chi connectivity index (χ0) is 15.1. The van der Waals surface area contributed by atoms with Gasteiger partial charge < -0.3 is 18.9 Å². The summed E-state index contributed by atoms with van der Waals surface area (Å²) in [4.78, 5) is 0. The van der Waals surface area contributed by atoms with Crippen LogP contribution in [0.25, 0.3) is 5.31 Å². The molecule has 21 heavy (non-hydrogen) atoms. The lowest BCUT2D eigenvalue weighted by Gasteiger charge is -2.41. The minimum Gasteiger partial charge on any atom is -0.830 e. The Morgan fingerprint density at radius 1 is 1.19 bits per heavy atom. The van der Waals surface area contributed by atoms with Gasteiger partial charge in [-0.1, -0.05) is 12.1 Å². The number of quaternary nitrogens is 1. The summed E-state index contributed by atoms with van der Waals surface area (Å²) < 4.78 is 28.5. The van der Waals surface area contributed by atoms with Crippen molar-refractivity contribution in [3.8, 4) is 0 Å². The molecule has 0 bridgehead atoms. The standard InChI is InChI=1S/C14H18NO5P/c1-18-21(17,19-2)13-11-5-3-4-6-12(11)15(14(13)16)7-9-20-10-8-15/h3-6H,7-10H2,1-2H3. The molecular formula is C14H18NO5P. The van der Waals surface area contributed by atoms with Gasteiger partial charge in [-0.2, -0.15) is 0 Å². The SMILES string of the molecule is COP(=O)(OC)C1=C([O-])[N+]2(CCOCC2)c2ccccc21. The highest BCUT2D eigenvalue weighted by Crippen LogP contribution is 2.65. The predicted octanol–water partition coefficient (Wildman–Crippen LogP) is 1.51. The molecule has 1 aromatic carbocycles. The molecule has 0 amide bonds. The van der Waals surface area contributed by atoms with E-state index in [1.54, 1.807) is 6.07 Å². The molecule has 0 atom stereocenters. The van der Waals surface area contributed by atoms with Crippen molar-refractivity contribution >= 4 is 18.6 Å². The van der Waals surface area contributed by atoms with Crippen molar-refractivity contribution in [2.75, 3.05) is 40.5 Å². The van der Waals surface area contributed by atoms with Crippen molar-refractivity contribution in [1.82, 2.24) is 4.48 Å². The summed E-state index contributed by atoms with van der Waals surface area (Å²) in [5.74, 6) is -0.202. The highest BCUT2D eigenvalue weighted by atomic mass is 31.2. The first kappa shape index (κ1) is 14.8. The fourth-order valence-electron chi connectivity index (χ4n) is 3.09. The van der Waals surface area contributed by atoms with Crippen LogP contribution in [0.2, 0.25) is 0 Å². The third kappa shape index (κ3) is 1.99. The Labute approximate surface area is 123 Å². The largest absolute Gasteiger partial charge is 0.830 e. The molecule has 0 radical (unpaired) electrons. The van der Waals surface area contributed by atoms with Gasteiger partial charge in [0.15, 0.2) is 0 Å². The third-order valence-electron chi connectivity index (χ3n) is 4.20. The molecule has 1 saturated heterocycles. The number of para-hydroxylation sites is 1. The molecule has 1 spiro atoms. The van der Waals surface area contributed by atoms with Gasteiger partial charge in [-0.25, -0.2) is 0 Å². The predicted molar refractivity (Wildman–Crippen MR) is 77.3 cm³/mol. The molecule has 0 unspecified atom stereocenters. The maximum Gasteiger partial charge on any atom is 0.366 e. The van der Waals surface area contributed by atoms with E-state index in [1.165, 1.54) is 14.2 Å². The number of fused-ring (bicyclic) bond motifs is 2. The summed E-state index contributed by atoms with van der Waals surface area (Å²) in [6.07, 6.45) is 0. The van der Waals surface area contributed by atoms with Crippen LogP contribution in [-0.2, 0) is 18.3 Å². The van der Waals surface area contributed by atoms with Crippen molar-refractivity contribution in [3.05, 3.63) is 35.7 Å². The van der Waals surface area contributed by atoms with E-state index < -0.39 is 7.60 Å². The van der Waals surface area contributed by atoms with Gasteiger partial charge in [-0.05, 0) is 6.07 Å². The van der Waals surface area contributed by atoms with Crippen molar-refractivity contribution in [2.24, 2.45) is 0 Å². The van der Waals surface area contributed by atoms with E-state index in [4.69, 9.17) is 13.8 Å². The van der Waals surface area contributed by atoms with Crippen LogP contribution in [-0.4, -0.2) is 40.5 Å². The van der Waals surface area contributed by atoms with E-state index >= 15 is 0 Å². The molecular weight excluding hydrogens is 293 g/mol. The Kier molecular flexibility index (Phi) is 3.67. The van der Waals surface area contributed by atoms with Crippen molar-refractivity contribution < 1.29 is 23.5 Å². The van der Waals surface area contributed by atoms with E-state index in [0.29, 0.717) is 31.9 Å². The summed E-state index contributed by atoms with van der Waals surface area (Å²) >= 11 is 0. The number of hydrogen-bond donors (Lipinski definition) is 0. The van der Waals surface area contributed by atoms with Crippen LogP contribution in [0.15, 0.2) is 30.1 Å². The fourth-order valence-corrected chi connectivity index (χ4v) is 4.52. The van der Waals surface area contributed by atoms with Crippen LogP contribution in [0.1, 0.15) is 5.56 Å². The van der Waals surface area contributed by atoms with Gasteiger partial charge >= 0.3 is 7.60 Å². The number of benzene rings is 1. The van der Waals surface area contributed by atoms with E-state index in [1.807, 2.05) is 18.2 Å². The molecule has 3 rings (SSSR count). The second-order valence-electron chi connectivity index (χ2n) is 5.06. The molecule has 0 N–H and O–H groups in total. The van der Waals surface area contributed by atoms with Crippen LogP contribution in [0.5, 0.6) is 0 Å². The molecule has 1 fully saturated rings. The minimum atomic E-state index is -3.60. The molecule has 1 aromatic rings. The number of hydrogen-bond acceptors (Lipinski definition) is 5. The first-order valence-electron chi connectivity index (χ1n) is 6.78. The quantitative estimate of drug-likeness (QED) is 0.625. The monoisotopic (exact) mass is 311 g/mol. The number of nitrogens with zero attached hydrogens (tertiary/aromatic N) is 1. The normalized spacial score (nSPS) is 20.9. The molecule has 2 heterocycles. The summed E-state index contributed by atoms with van der Waals surface area (Å²) in [7, 11) is -0.998. The third-order valence-corrected chi connectivity index (χ3v) is 6.14. The maximum atomic E-state index is 13.1. The molecule has 0 saturated carbocycles. The highest BCUT2D eigenvalue weighted by Gasteiger charge is 2.48. The molecule has 6 nitrogen and oxygen atoms in total. The van der Waals surface area contributed by atoms with E-state index in [0.717, 1.165) is 5.69 Å². The van der Waals surface area contributed by atoms with Crippen molar-refractivity contribution in [3.63, 3.8) is 0 Å². The molecule has 7 heteroatoms. The second kappa shape index (κ2) is 5.23. The van der Waals surface area contributed by atoms with Gasteiger partial charge in [0.05, 0.1) is 24.7 Å². The van der Waals surface area contributed by atoms with Gasteiger partial charge in [0.25, 0.3) is 0 Å². The second-order valence-corrected chi connectivity index (χ2v) is 7.23. The summed E-state index contributed by atoms with van der Waals surface area (Å²) in [6, 6.07) is 7.41. The summed E-state index contributed by atoms with van der Waals surface area (Å²) in [5, 5.41) is 13.2. The molecule has 114 valence electrons. The summed E-state index contributed by atoms with van der Waals surface area (Å²) in [5.41, 5.74) is 1.52. The zero-order valence-corrected chi connectivity index (χ0v) is 13.0. The van der Waals surface area contributed by atoms with Crippen LogP contribution >= 0.6 is 7.60 Å². The van der Waals surface area contributed by atoms with Gasteiger partial charge in [0, 0.05) is 20.3 Å². The Morgan fingerprint density at radius 2 is 1.81 bits per heavy atom. The van der Waals surface area contributed by atoms with Crippen LogP contribution in [0.4, 0.5) is 5.69 Å². The van der Waals surface area contributed by atoms with Crippen molar-refractivity contribution in [1.29, 1.82) is 0 Å². The average Bonchev–Trinajstić information content (AvgIpc) is 2.78. The Balaban J connectivity index is 2.25. The Bertz CT molecular complexity index is 628. The van der Waals surface area contributed by atoms with Crippen LogP contribution in [0, 0.1) is 0 Å². The molecule has 0 aliphatic carbocycles. The minimum absolute atomic E-state index is 0.141. The zero-order valence-electron chi connectivity index (χ0n) is 12.1. The lowest BCUT2D eigenvalue weighted by molar-refractivity contribution is -0.330. The maximum absolute atomic E-state index is 13.1. The Hall–Kier alpha value is -1.17. The fraction of sp³-hybridized carbons (Fsp3) is 0.429. The van der Waals surface area contributed by atoms with Gasteiger partial charge in [-0.15, -0.1) is 0 Å². The number of ether oxygens (including phenoxy) is 1.